The lowest BCUT2D eigenvalue weighted by Crippen LogP contribution is -2.38. The molecule has 2 saturated heterocycles. The molecule has 0 atom stereocenters. The van der Waals surface area contributed by atoms with Gasteiger partial charge in [-0.1, -0.05) is 0 Å². The summed E-state index contributed by atoms with van der Waals surface area (Å²) < 4.78 is 0. The van der Waals surface area contributed by atoms with Gasteiger partial charge in [0.15, 0.2) is 0 Å². The van der Waals surface area contributed by atoms with Gasteiger partial charge in [0, 0.05) is 31.9 Å². The fourth-order valence-corrected chi connectivity index (χ4v) is 3.68. The number of hydrogen-bond donors (Lipinski definition) is 1. The molecule has 0 radical (unpaired) electrons. The highest BCUT2D eigenvalue weighted by Gasteiger charge is 2.23. The van der Waals surface area contributed by atoms with Crippen molar-refractivity contribution >= 4 is 5.82 Å². The van der Waals surface area contributed by atoms with Crippen LogP contribution in [0.15, 0.2) is 12.1 Å². The van der Waals surface area contributed by atoms with E-state index < -0.39 is 0 Å². The van der Waals surface area contributed by atoms with Crippen molar-refractivity contribution < 1.29 is 0 Å². The fraction of sp³-hybridized carbons (Fsp3) is 0.706. The van der Waals surface area contributed by atoms with E-state index in [-0.39, 0.29) is 0 Å². The van der Waals surface area contributed by atoms with E-state index in [1.54, 1.807) is 0 Å². The smallest absolute Gasteiger partial charge is 0.129 e. The van der Waals surface area contributed by atoms with Crippen LogP contribution in [0.2, 0.25) is 0 Å². The van der Waals surface area contributed by atoms with Crippen LogP contribution in [0.4, 0.5) is 5.82 Å². The van der Waals surface area contributed by atoms with Crippen LogP contribution in [0, 0.1) is 12.8 Å². The molecule has 0 aromatic carbocycles. The van der Waals surface area contributed by atoms with Gasteiger partial charge >= 0.3 is 0 Å². The third kappa shape index (κ3) is 3.74. The Morgan fingerprint density at radius 3 is 2.52 bits per heavy atom. The summed E-state index contributed by atoms with van der Waals surface area (Å²) in [5.74, 6) is 1.99. The van der Waals surface area contributed by atoms with Crippen molar-refractivity contribution in [1.82, 2.24) is 9.88 Å². The number of rotatable bonds is 4. The molecule has 21 heavy (non-hydrogen) atoms. The molecule has 2 aliphatic heterocycles. The standard InChI is InChI=1S/C17H28N4/c1-14-10-16(12-18)11-17(19-14)21-8-4-15(5-9-21)13-20-6-2-3-7-20/h10-11,15H,2-9,12-13,18H2,1H3. The first-order chi connectivity index (χ1) is 10.2. The summed E-state index contributed by atoms with van der Waals surface area (Å²) in [6, 6.07) is 4.25. The lowest BCUT2D eigenvalue weighted by atomic mass is 9.96. The van der Waals surface area contributed by atoms with Crippen LogP contribution in [-0.2, 0) is 6.54 Å². The molecule has 4 nitrogen and oxygen atoms in total. The minimum atomic E-state index is 0.599. The molecule has 0 aliphatic carbocycles. The van der Waals surface area contributed by atoms with Crippen LogP contribution in [0.1, 0.15) is 36.9 Å². The Balaban J connectivity index is 1.56. The molecule has 2 fully saturated rings. The van der Waals surface area contributed by atoms with Crippen molar-refractivity contribution in [2.24, 2.45) is 11.7 Å². The first kappa shape index (κ1) is 14.8. The molecule has 116 valence electrons. The minimum absolute atomic E-state index is 0.599. The van der Waals surface area contributed by atoms with Crippen molar-refractivity contribution in [1.29, 1.82) is 0 Å². The zero-order valence-corrected chi connectivity index (χ0v) is 13.2. The number of aromatic nitrogens is 1. The molecule has 0 bridgehead atoms. The number of pyridine rings is 1. The third-order valence-corrected chi connectivity index (χ3v) is 4.89. The van der Waals surface area contributed by atoms with Gasteiger partial charge in [-0.25, -0.2) is 4.98 Å². The maximum atomic E-state index is 5.78. The normalized spacial score (nSPS) is 21.1. The van der Waals surface area contributed by atoms with Crippen molar-refractivity contribution in [3.63, 3.8) is 0 Å². The number of piperidine rings is 1. The summed E-state index contributed by atoms with van der Waals surface area (Å²) >= 11 is 0. The predicted octanol–water partition coefficient (Wildman–Crippen LogP) is 2.16. The molecule has 0 saturated carbocycles. The van der Waals surface area contributed by atoms with Gasteiger partial charge in [0.1, 0.15) is 5.82 Å². The molecule has 3 rings (SSSR count). The molecule has 1 aromatic heterocycles. The van der Waals surface area contributed by atoms with Crippen LogP contribution in [0.25, 0.3) is 0 Å². The Kier molecular flexibility index (Phi) is 4.76. The first-order valence-corrected chi connectivity index (χ1v) is 8.39. The second kappa shape index (κ2) is 6.75. The monoisotopic (exact) mass is 288 g/mol. The predicted molar refractivity (Wildman–Crippen MR) is 87.5 cm³/mol. The van der Waals surface area contributed by atoms with Gasteiger partial charge in [-0.15, -0.1) is 0 Å². The van der Waals surface area contributed by atoms with E-state index in [4.69, 9.17) is 10.7 Å². The molecule has 4 heteroatoms. The second-order valence-electron chi connectivity index (χ2n) is 6.62. The molecule has 0 amide bonds. The van der Waals surface area contributed by atoms with Gasteiger partial charge in [-0.3, -0.25) is 0 Å². The topological polar surface area (TPSA) is 45.4 Å². The molecule has 2 aliphatic rings. The molecule has 1 aromatic rings. The zero-order valence-electron chi connectivity index (χ0n) is 13.2. The van der Waals surface area contributed by atoms with Crippen LogP contribution < -0.4 is 10.6 Å². The summed E-state index contributed by atoms with van der Waals surface area (Å²) in [6.07, 6.45) is 5.38. The molecular formula is C17H28N4. The van der Waals surface area contributed by atoms with Gasteiger partial charge in [0.2, 0.25) is 0 Å². The van der Waals surface area contributed by atoms with Crippen molar-refractivity contribution in [3.05, 3.63) is 23.4 Å². The summed E-state index contributed by atoms with van der Waals surface area (Å²) in [5.41, 5.74) is 8.05. The van der Waals surface area contributed by atoms with Crippen LogP contribution in [0.3, 0.4) is 0 Å². The number of likely N-dealkylation sites (tertiary alicyclic amines) is 1. The van der Waals surface area contributed by atoms with Crippen LogP contribution >= 0.6 is 0 Å². The summed E-state index contributed by atoms with van der Waals surface area (Å²) in [5, 5.41) is 0. The summed E-state index contributed by atoms with van der Waals surface area (Å²) in [6.45, 7) is 8.88. The zero-order chi connectivity index (χ0) is 14.7. The van der Waals surface area contributed by atoms with Crippen molar-refractivity contribution in [2.75, 3.05) is 37.6 Å². The fourth-order valence-electron chi connectivity index (χ4n) is 3.68. The maximum Gasteiger partial charge on any atom is 0.129 e. The van der Waals surface area contributed by atoms with E-state index >= 15 is 0 Å². The van der Waals surface area contributed by atoms with E-state index in [0.29, 0.717) is 6.54 Å². The quantitative estimate of drug-likeness (QED) is 0.922. The van der Waals surface area contributed by atoms with Crippen LogP contribution in [-0.4, -0.2) is 42.6 Å². The summed E-state index contributed by atoms with van der Waals surface area (Å²) in [4.78, 5) is 9.78. The molecule has 0 unspecified atom stereocenters. The van der Waals surface area contributed by atoms with E-state index in [2.05, 4.69) is 28.9 Å². The highest BCUT2D eigenvalue weighted by Crippen LogP contribution is 2.24. The van der Waals surface area contributed by atoms with Crippen molar-refractivity contribution in [3.8, 4) is 0 Å². The second-order valence-corrected chi connectivity index (χ2v) is 6.62. The number of hydrogen-bond acceptors (Lipinski definition) is 4. The third-order valence-electron chi connectivity index (χ3n) is 4.89. The molecular weight excluding hydrogens is 260 g/mol. The van der Waals surface area contributed by atoms with E-state index in [9.17, 15) is 0 Å². The molecule has 0 spiro atoms. The van der Waals surface area contributed by atoms with Gasteiger partial charge in [0.05, 0.1) is 0 Å². The Hall–Kier alpha value is -1.13. The van der Waals surface area contributed by atoms with Gasteiger partial charge in [-0.2, -0.15) is 0 Å². The van der Waals surface area contributed by atoms with Gasteiger partial charge in [-0.05, 0) is 69.3 Å². The number of anilines is 1. The molecule has 2 N–H and O–H groups in total. The average Bonchev–Trinajstić information content (AvgIpc) is 3.00. The Bertz CT molecular complexity index is 460. The summed E-state index contributed by atoms with van der Waals surface area (Å²) in [7, 11) is 0. The van der Waals surface area contributed by atoms with Crippen molar-refractivity contribution in [2.45, 2.75) is 39.2 Å². The Labute approximate surface area is 128 Å². The highest BCUT2D eigenvalue weighted by molar-refractivity contribution is 5.43. The first-order valence-electron chi connectivity index (χ1n) is 8.39. The number of nitrogens with zero attached hydrogens (tertiary/aromatic N) is 3. The highest BCUT2D eigenvalue weighted by atomic mass is 15.2. The Morgan fingerprint density at radius 1 is 1.14 bits per heavy atom. The maximum absolute atomic E-state index is 5.78. The largest absolute Gasteiger partial charge is 0.357 e. The van der Waals surface area contributed by atoms with E-state index in [1.807, 2.05) is 0 Å². The number of nitrogens with two attached hydrogens (primary N) is 1. The van der Waals surface area contributed by atoms with E-state index in [0.717, 1.165) is 30.5 Å². The van der Waals surface area contributed by atoms with Gasteiger partial charge < -0.3 is 15.5 Å². The lowest BCUT2D eigenvalue weighted by molar-refractivity contribution is 0.249. The average molecular weight is 288 g/mol. The Morgan fingerprint density at radius 2 is 1.86 bits per heavy atom. The molecule has 3 heterocycles. The SMILES string of the molecule is Cc1cc(CN)cc(N2CCC(CN3CCCC3)CC2)n1. The lowest BCUT2D eigenvalue weighted by Gasteiger charge is -2.34. The van der Waals surface area contributed by atoms with E-state index in [1.165, 1.54) is 50.9 Å². The number of aryl methyl sites for hydroxylation is 1. The van der Waals surface area contributed by atoms with Gasteiger partial charge in [0.25, 0.3) is 0 Å². The minimum Gasteiger partial charge on any atom is -0.357 e. The van der Waals surface area contributed by atoms with Crippen LogP contribution in [0.5, 0.6) is 0 Å².